The maximum Gasteiger partial charge on any atom is -0.0538 e. The molecule has 92 valence electrons. The average Bonchev–Trinajstić information content (AvgIpc) is 2.45. The monoisotopic (exact) mass is 228 g/mol. The molecule has 0 atom stereocenters. The van der Waals surface area contributed by atoms with Crippen molar-refractivity contribution in [3.63, 3.8) is 0 Å². The smallest absolute Gasteiger partial charge is 0.0538 e. The fourth-order valence-electron chi connectivity index (χ4n) is 1.12. The lowest BCUT2D eigenvalue weighted by Crippen LogP contribution is -1.59. The molecule has 0 radical (unpaired) electrons. The van der Waals surface area contributed by atoms with E-state index in [-0.39, 0.29) is 0 Å². The van der Waals surface area contributed by atoms with E-state index in [1.165, 1.54) is 19.3 Å². The summed E-state index contributed by atoms with van der Waals surface area (Å²) in [6, 6.07) is 24.0. The second kappa shape index (κ2) is 14.4. The second-order valence-electron chi connectivity index (χ2n) is 3.66. The van der Waals surface area contributed by atoms with Crippen LogP contribution < -0.4 is 0 Å². The summed E-state index contributed by atoms with van der Waals surface area (Å²) in [5.74, 6) is 0. The molecule has 0 amide bonds. The lowest BCUT2D eigenvalue weighted by atomic mass is 10.3. The Labute approximate surface area is 106 Å². The molecule has 2 aromatic rings. The molecule has 0 aromatic heterocycles. The first kappa shape index (κ1) is 15.4. The molecule has 0 N–H and O–H groups in total. The van der Waals surface area contributed by atoms with E-state index >= 15 is 0 Å². The molecule has 0 saturated heterocycles. The van der Waals surface area contributed by atoms with E-state index in [2.05, 4.69) is 13.8 Å². The standard InChI is InChI=1S/2C6H6.C5H12/c2*1-2-4-6-5-3-1;1-3-5-4-2/h2*1-6H;3-5H2,1-2H3. The van der Waals surface area contributed by atoms with Crippen LogP contribution in [-0.2, 0) is 0 Å². The van der Waals surface area contributed by atoms with Crippen molar-refractivity contribution in [2.75, 3.05) is 0 Å². The number of unbranched alkanes of at least 4 members (excludes halogenated alkanes) is 2. The molecule has 0 nitrogen and oxygen atoms in total. The Bertz CT molecular complexity index is 212. The van der Waals surface area contributed by atoms with Crippen LogP contribution in [0.5, 0.6) is 0 Å². The highest BCUT2D eigenvalue weighted by Gasteiger charge is 1.68. The van der Waals surface area contributed by atoms with Crippen molar-refractivity contribution in [1.29, 1.82) is 0 Å². The zero-order valence-corrected chi connectivity index (χ0v) is 11.0. The zero-order valence-electron chi connectivity index (χ0n) is 11.0. The lowest BCUT2D eigenvalue weighted by molar-refractivity contribution is 0.772. The third-order valence-corrected chi connectivity index (χ3v) is 2.04. The van der Waals surface area contributed by atoms with Crippen LogP contribution in [0.1, 0.15) is 33.1 Å². The molecular formula is C17H24. The summed E-state index contributed by atoms with van der Waals surface area (Å²) in [6.45, 7) is 4.42. The van der Waals surface area contributed by atoms with E-state index < -0.39 is 0 Å². The fraction of sp³-hybridized carbons (Fsp3) is 0.294. The van der Waals surface area contributed by atoms with E-state index in [4.69, 9.17) is 0 Å². The van der Waals surface area contributed by atoms with E-state index in [9.17, 15) is 0 Å². The van der Waals surface area contributed by atoms with Crippen molar-refractivity contribution in [3.8, 4) is 0 Å². The molecule has 0 heteroatoms. The van der Waals surface area contributed by atoms with Crippen LogP contribution in [0.2, 0.25) is 0 Å². The molecule has 0 fully saturated rings. The zero-order chi connectivity index (χ0) is 12.6. The van der Waals surface area contributed by atoms with Gasteiger partial charge in [-0.3, -0.25) is 0 Å². The molecular weight excluding hydrogens is 204 g/mol. The van der Waals surface area contributed by atoms with Crippen molar-refractivity contribution in [2.45, 2.75) is 33.1 Å². The number of hydrogen-bond donors (Lipinski definition) is 0. The molecule has 2 rings (SSSR count). The highest BCUT2D eigenvalue weighted by molar-refractivity contribution is 4.99. The van der Waals surface area contributed by atoms with E-state index in [1.54, 1.807) is 0 Å². The average molecular weight is 228 g/mol. The van der Waals surface area contributed by atoms with Gasteiger partial charge in [0.25, 0.3) is 0 Å². The largest absolute Gasteiger partial charge is 0.0654 e. The Morgan fingerprint density at radius 3 is 0.647 bits per heavy atom. The van der Waals surface area contributed by atoms with Crippen LogP contribution in [0.4, 0.5) is 0 Å². The van der Waals surface area contributed by atoms with Crippen molar-refractivity contribution < 1.29 is 0 Å². The van der Waals surface area contributed by atoms with Crippen LogP contribution >= 0.6 is 0 Å². The van der Waals surface area contributed by atoms with Crippen molar-refractivity contribution in [3.05, 3.63) is 72.8 Å². The first-order valence-corrected chi connectivity index (χ1v) is 6.41. The predicted molar refractivity (Wildman–Crippen MR) is 78.1 cm³/mol. The van der Waals surface area contributed by atoms with Crippen LogP contribution in [-0.4, -0.2) is 0 Å². The van der Waals surface area contributed by atoms with Gasteiger partial charge in [0.2, 0.25) is 0 Å². The number of benzene rings is 2. The summed E-state index contributed by atoms with van der Waals surface area (Å²) < 4.78 is 0. The molecule has 2 aromatic carbocycles. The van der Waals surface area contributed by atoms with Crippen LogP contribution in [0.15, 0.2) is 72.8 Å². The molecule has 0 heterocycles. The predicted octanol–water partition coefficient (Wildman–Crippen LogP) is 5.57. The minimum atomic E-state index is 1.34. The van der Waals surface area contributed by atoms with E-state index in [1.807, 2.05) is 72.8 Å². The van der Waals surface area contributed by atoms with Gasteiger partial charge in [0.05, 0.1) is 0 Å². The minimum absolute atomic E-state index is 1.34. The van der Waals surface area contributed by atoms with Gasteiger partial charge in [-0.2, -0.15) is 0 Å². The summed E-state index contributed by atoms with van der Waals surface area (Å²) in [5.41, 5.74) is 0. The first-order chi connectivity index (χ1) is 8.41. The summed E-state index contributed by atoms with van der Waals surface area (Å²) in [5, 5.41) is 0. The van der Waals surface area contributed by atoms with Crippen molar-refractivity contribution >= 4 is 0 Å². The Morgan fingerprint density at radius 2 is 0.588 bits per heavy atom. The first-order valence-electron chi connectivity index (χ1n) is 6.41. The van der Waals surface area contributed by atoms with Crippen LogP contribution in [0.3, 0.4) is 0 Å². The highest BCUT2D eigenvalue weighted by atomic mass is 13.7. The molecule has 0 spiro atoms. The molecule has 0 aliphatic rings. The maximum absolute atomic E-state index is 2.21. The van der Waals surface area contributed by atoms with E-state index in [0.717, 1.165) is 0 Å². The quantitative estimate of drug-likeness (QED) is 0.630. The summed E-state index contributed by atoms with van der Waals surface area (Å²) in [4.78, 5) is 0. The van der Waals surface area contributed by atoms with Crippen molar-refractivity contribution in [2.24, 2.45) is 0 Å². The Kier molecular flexibility index (Phi) is 13.1. The number of hydrogen-bond acceptors (Lipinski definition) is 0. The van der Waals surface area contributed by atoms with Gasteiger partial charge in [-0.25, -0.2) is 0 Å². The van der Waals surface area contributed by atoms with Crippen LogP contribution in [0.25, 0.3) is 0 Å². The molecule has 0 aliphatic heterocycles. The SMILES string of the molecule is CCCCC.c1ccccc1.c1ccccc1. The Morgan fingerprint density at radius 1 is 0.412 bits per heavy atom. The molecule has 0 unspecified atom stereocenters. The highest BCUT2D eigenvalue weighted by Crippen LogP contribution is 1.88. The lowest BCUT2D eigenvalue weighted by Gasteiger charge is -1.79. The third kappa shape index (κ3) is 14.4. The normalized spacial score (nSPS) is 8.12. The van der Waals surface area contributed by atoms with Gasteiger partial charge in [-0.05, 0) is 0 Å². The van der Waals surface area contributed by atoms with Gasteiger partial charge in [0, 0.05) is 0 Å². The summed E-state index contributed by atoms with van der Waals surface area (Å²) in [7, 11) is 0. The summed E-state index contributed by atoms with van der Waals surface area (Å²) in [6.07, 6.45) is 4.08. The maximum atomic E-state index is 2.21. The van der Waals surface area contributed by atoms with Crippen molar-refractivity contribution in [1.82, 2.24) is 0 Å². The molecule has 0 saturated carbocycles. The van der Waals surface area contributed by atoms with Gasteiger partial charge < -0.3 is 0 Å². The van der Waals surface area contributed by atoms with Gasteiger partial charge in [-0.1, -0.05) is 106 Å². The molecule has 17 heavy (non-hydrogen) atoms. The fourth-order valence-corrected chi connectivity index (χ4v) is 1.12. The van der Waals surface area contributed by atoms with Crippen LogP contribution in [0, 0.1) is 0 Å². The van der Waals surface area contributed by atoms with Gasteiger partial charge >= 0.3 is 0 Å². The molecule has 0 bridgehead atoms. The number of rotatable bonds is 2. The summed E-state index contributed by atoms with van der Waals surface area (Å²) >= 11 is 0. The Hall–Kier alpha value is -1.56. The van der Waals surface area contributed by atoms with Gasteiger partial charge in [-0.15, -0.1) is 0 Å². The third-order valence-electron chi connectivity index (χ3n) is 2.04. The second-order valence-corrected chi connectivity index (χ2v) is 3.66. The Balaban J connectivity index is 0.000000228. The van der Waals surface area contributed by atoms with Gasteiger partial charge in [0.15, 0.2) is 0 Å². The topological polar surface area (TPSA) is 0 Å². The molecule has 0 aliphatic carbocycles. The van der Waals surface area contributed by atoms with Gasteiger partial charge in [0.1, 0.15) is 0 Å². The van der Waals surface area contributed by atoms with E-state index in [0.29, 0.717) is 0 Å². The minimum Gasteiger partial charge on any atom is -0.0654 e.